The molecule has 0 bridgehead atoms. The van der Waals surface area contributed by atoms with Gasteiger partial charge in [0.25, 0.3) is 5.91 Å². The lowest BCUT2D eigenvalue weighted by Crippen LogP contribution is -2.55. The van der Waals surface area contributed by atoms with E-state index in [0.717, 1.165) is 18.6 Å². The van der Waals surface area contributed by atoms with E-state index in [1.54, 1.807) is 0 Å². The molecule has 0 aliphatic heterocycles. The molecule has 1 aromatic rings. The van der Waals surface area contributed by atoms with E-state index in [2.05, 4.69) is 38.2 Å². The topological polar surface area (TPSA) is 41.6 Å². The number of ether oxygens (including phenoxy) is 1. The van der Waals surface area contributed by atoms with Gasteiger partial charge in [-0.25, -0.2) is 0 Å². The van der Waals surface area contributed by atoms with Crippen molar-refractivity contribution in [1.29, 1.82) is 0 Å². The second-order valence-electron chi connectivity index (χ2n) is 7.40. The third-order valence-electron chi connectivity index (χ3n) is 5.49. The minimum absolute atomic E-state index is 0.0416. The minimum Gasteiger partial charge on any atom is -0.481 e. The first kappa shape index (κ1) is 18.8. The molecule has 1 unspecified atom stereocenters. The van der Waals surface area contributed by atoms with E-state index in [0.29, 0.717) is 6.54 Å². The maximum absolute atomic E-state index is 12.5. The van der Waals surface area contributed by atoms with Crippen LogP contribution in [0.3, 0.4) is 0 Å². The maximum atomic E-state index is 12.5. The molecule has 1 N–H and O–H groups in total. The smallest absolute Gasteiger partial charge is 0.260 e. The summed E-state index contributed by atoms with van der Waals surface area (Å²) in [4.78, 5) is 14.7. The molecule has 2 rings (SSSR count). The van der Waals surface area contributed by atoms with E-state index in [1.807, 2.05) is 25.1 Å². The highest BCUT2D eigenvalue weighted by Crippen LogP contribution is 2.31. The molecule has 24 heavy (non-hydrogen) atoms. The standard InChI is InChI=1S/C20H32N2O2/c1-15-9-10-18(13-16(15)2)24-17(3)19(23)21-14-20(22(4)5)11-7-6-8-12-20/h9-10,13,17H,6-8,11-12,14H2,1-5H3,(H,21,23). The molecule has 0 radical (unpaired) electrons. The first-order valence-corrected chi connectivity index (χ1v) is 9.03. The van der Waals surface area contributed by atoms with E-state index in [4.69, 9.17) is 4.74 Å². The summed E-state index contributed by atoms with van der Waals surface area (Å²) in [5.41, 5.74) is 2.49. The Balaban J connectivity index is 1.92. The van der Waals surface area contributed by atoms with Crippen LogP contribution in [0, 0.1) is 13.8 Å². The van der Waals surface area contributed by atoms with Crippen LogP contribution in [0.25, 0.3) is 0 Å². The Bertz CT molecular complexity index is 563. The van der Waals surface area contributed by atoms with Crippen LogP contribution in [0.1, 0.15) is 50.2 Å². The Kier molecular flexibility index (Phi) is 6.27. The summed E-state index contributed by atoms with van der Waals surface area (Å²) >= 11 is 0. The highest BCUT2D eigenvalue weighted by Gasteiger charge is 2.34. The number of hydrogen-bond donors (Lipinski definition) is 1. The van der Waals surface area contributed by atoms with Crippen molar-refractivity contribution in [2.24, 2.45) is 0 Å². The predicted octanol–water partition coefficient (Wildman–Crippen LogP) is 3.45. The molecule has 1 atom stereocenters. The van der Waals surface area contributed by atoms with Crippen LogP contribution in [0.4, 0.5) is 0 Å². The van der Waals surface area contributed by atoms with E-state index in [9.17, 15) is 4.79 Å². The molecule has 0 saturated heterocycles. The number of nitrogens with one attached hydrogen (secondary N) is 1. The molecule has 4 heteroatoms. The molecular formula is C20H32N2O2. The first-order valence-electron chi connectivity index (χ1n) is 9.03. The lowest BCUT2D eigenvalue weighted by Gasteiger charge is -2.43. The fraction of sp³-hybridized carbons (Fsp3) is 0.650. The molecule has 134 valence electrons. The Morgan fingerprint density at radius 3 is 2.46 bits per heavy atom. The van der Waals surface area contributed by atoms with Crippen molar-refractivity contribution in [3.63, 3.8) is 0 Å². The Morgan fingerprint density at radius 1 is 1.21 bits per heavy atom. The van der Waals surface area contributed by atoms with Crippen molar-refractivity contribution in [3.8, 4) is 5.75 Å². The summed E-state index contributed by atoms with van der Waals surface area (Å²) in [7, 11) is 4.24. The van der Waals surface area contributed by atoms with Crippen LogP contribution >= 0.6 is 0 Å². The van der Waals surface area contributed by atoms with Gasteiger partial charge in [0.15, 0.2) is 6.10 Å². The van der Waals surface area contributed by atoms with Crippen molar-refractivity contribution < 1.29 is 9.53 Å². The van der Waals surface area contributed by atoms with Gasteiger partial charge in [0.1, 0.15) is 5.75 Å². The van der Waals surface area contributed by atoms with E-state index < -0.39 is 6.10 Å². The molecule has 0 spiro atoms. The fourth-order valence-electron chi connectivity index (χ4n) is 3.43. The Morgan fingerprint density at radius 2 is 1.88 bits per heavy atom. The minimum atomic E-state index is -0.491. The van der Waals surface area contributed by atoms with Crippen LogP contribution < -0.4 is 10.1 Å². The van der Waals surface area contributed by atoms with E-state index in [-0.39, 0.29) is 11.4 Å². The molecule has 1 aliphatic carbocycles. The summed E-state index contributed by atoms with van der Waals surface area (Å²) in [6.45, 7) is 6.63. The predicted molar refractivity (Wildman–Crippen MR) is 98.5 cm³/mol. The van der Waals surface area contributed by atoms with Crippen LogP contribution in [-0.4, -0.2) is 43.1 Å². The Hall–Kier alpha value is -1.55. The zero-order valence-corrected chi connectivity index (χ0v) is 15.8. The summed E-state index contributed by atoms with van der Waals surface area (Å²) < 4.78 is 5.82. The molecule has 0 aromatic heterocycles. The van der Waals surface area contributed by atoms with Gasteiger partial charge in [-0.05, 0) is 71.0 Å². The molecule has 1 saturated carbocycles. The first-order chi connectivity index (χ1) is 11.3. The highest BCUT2D eigenvalue weighted by molar-refractivity contribution is 5.80. The lowest BCUT2D eigenvalue weighted by molar-refractivity contribution is -0.128. The van der Waals surface area contributed by atoms with Gasteiger partial charge >= 0.3 is 0 Å². The maximum Gasteiger partial charge on any atom is 0.260 e. The number of nitrogens with zero attached hydrogens (tertiary/aromatic N) is 1. The van der Waals surface area contributed by atoms with E-state index >= 15 is 0 Å². The molecule has 1 aliphatic rings. The number of carbonyl (C=O) groups excluding carboxylic acids is 1. The Labute approximate surface area is 146 Å². The van der Waals surface area contributed by atoms with Crippen LogP contribution in [0.15, 0.2) is 18.2 Å². The van der Waals surface area contributed by atoms with Crippen LogP contribution in [0.2, 0.25) is 0 Å². The summed E-state index contributed by atoms with van der Waals surface area (Å²) in [6, 6.07) is 5.94. The number of rotatable bonds is 6. The molecule has 1 aromatic carbocycles. The number of likely N-dealkylation sites (N-methyl/N-ethyl adjacent to an activating group) is 1. The van der Waals surface area contributed by atoms with Crippen molar-refractivity contribution >= 4 is 5.91 Å². The third-order valence-corrected chi connectivity index (χ3v) is 5.49. The average molecular weight is 332 g/mol. The number of carbonyl (C=O) groups is 1. The number of benzene rings is 1. The van der Waals surface area contributed by atoms with Gasteiger partial charge in [-0.2, -0.15) is 0 Å². The molecule has 4 nitrogen and oxygen atoms in total. The normalized spacial score (nSPS) is 18.2. The summed E-state index contributed by atoms with van der Waals surface area (Å²) in [5, 5.41) is 3.11. The van der Waals surface area contributed by atoms with Gasteiger partial charge in [-0.15, -0.1) is 0 Å². The van der Waals surface area contributed by atoms with Crippen molar-refractivity contribution in [2.75, 3.05) is 20.6 Å². The van der Waals surface area contributed by atoms with Crippen LogP contribution in [-0.2, 0) is 4.79 Å². The zero-order chi connectivity index (χ0) is 17.7. The number of aryl methyl sites for hydroxylation is 2. The summed E-state index contributed by atoms with van der Waals surface area (Å²) in [5.74, 6) is 0.709. The SMILES string of the molecule is Cc1ccc(OC(C)C(=O)NCC2(N(C)C)CCCCC2)cc1C. The molecule has 1 amide bonds. The molecule has 0 heterocycles. The molecular weight excluding hydrogens is 300 g/mol. The van der Waals surface area contributed by atoms with Gasteiger partial charge < -0.3 is 15.0 Å². The average Bonchev–Trinajstić information content (AvgIpc) is 2.56. The van der Waals surface area contributed by atoms with Gasteiger partial charge in [0.2, 0.25) is 0 Å². The lowest BCUT2D eigenvalue weighted by atomic mass is 9.80. The van der Waals surface area contributed by atoms with Gasteiger partial charge in [0.05, 0.1) is 0 Å². The van der Waals surface area contributed by atoms with Crippen molar-refractivity contribution in [2.45, 2.75) is 64.5 Å². The van der Waals surface area contributed by atoms with E-state index in [1.165, 1.54) is 30.4 Å². The second kappa shape index (κ2) is 8.02. The third kappa shape index (κ3) is 4.50. The summed E-state index contributed by atoms with van der Waals surface area (Å²) in [6.07, 6.45) is 5.58. The van der Waals surface area contributed by atoms with Crippen LogP contribution in [0.5, 0.6) is 5.75 Å². The fourth-order valence-corrected chi connectivity index (χ4v) is 3.43. The number of amides is 1. The van der Waals surface area contributed by atoms with Crippen molar-refractivity contribution in [1.82, 2.24) is 10.2 Å². The quantitative estimate of drug-likeness (QED) is 0.867. The largest absolute Gasteiger partial charge is 0.481 e. The van der Waals surface area contributed by atoms with Crippen molar-refractivity contribution in [3.05, 3.63) is 29.3 Å². The monoisotopic (exact) mass is 332 g/mol. The zero-order valence-electron chi connectivity index (χ0n) is 15.8. The number of hydrogen-bond acceptors (Lipinski definition) is 3. The van der Waals surface area contributed by atoms with Gasteiger partial charge in [0, 0.05) is 12.1 Å². The van der Waals surface area contributed by atoms with Gasteiger partial charge in [-0.3, -0.25) is 4.79 Å². The highest BCUT2D eigenvalue weighted by atomic mass is 16.5. The molecule has 1 fully saturated rings. The van der Waals surface area contributed by atoms with Gasteiger partial charge in [-0.1, -0.05) is 25.3 Å². The second-order valence-corrected chi connectivity index (χ2v) is 7.40.